The van der Waals surface area contributed by atoms with Gasteiger partial charge in [0.25, 0.3) is 5.91 Å². The zero-order valence-electron chi connectivity index (χ0n) is 19.8. The summed E-state index contributed by atoms with van der Waals surface area (Å²) in [5.41, 5.74) is 5.16. The van der Waals surface area contributed by atoms with Crippen LogP contribution in [0.4, 0.5) is 15.8 Å². The fraction of sp³-hybridized carbons (Fsp3) is 0.385. The van der Waals surface area contributed by atoms with E-state index in [-0.39, 0.29) is 17.6 Å². The summed E-state index contributed by atoms with van der Waals surface area (Å²) in [7, 11) is 0. The van der Waals surface area contributed by atoms with Crippen LogP contribution >= 0.6 is 0 Å². The quantitative estimate of drug-likeness (QED) is 0.585. The molecule has 33 heavy (non-hydrogen) atoms. The zero-order valence-corrected chi connectivity index (χ0v) is 19.8. The van der Waals surface area contributed by atoms with E-state index >= 15 is 0 Å². The average molecular weight is 450 g/mol. The normalized spacial score (nSPS) is 14.7. The number of carbonyl (C=O) groups excluding carboxylic acids is 1. The average Bonchev–Trinajstić information content (AvgIpc) is 3.26. The first kappa shape index (κ1) is 23.0. The number of carbonyl (C=O) groups is 1. The van der Waals surface area contributed by atoms with Crippen LogP contribution in [-0.4, -0.2) is 53.3 Å². The lowest BCUT2D eigenvalue weighted by atomic mass is 10.0. The molecule has 174 valence electrons. The van der Waals surface area contributed by atoms with Crippen molar-refractivity contribution in [1.29, 1.82) is 0 Å². The minimum Gasteiger partial charge on any atom is -0.369 e. The minimum absolute atomic E-state index is 0.0594. The van der Waals surface area contributed by atoms with Gasteiger partial charge in [-0.25, -0.2) is 9.07 Å². The number of halogens is 1. The number of rotatable bonds is 6. The van der Waals surface area contributed by atoms with Crippen LogP contribution in [0.15, 0.2) is 48.7 Å². The predicted molar refractivity (Wildman–Crippen MR) is 131 cm³/mol. The Morgan fingerprint density at radius 3 is 2.39 bits per heavy atom. The molecular weight excluding hydrogens is 417 g/mol. The third kappa shape index (κ3) is 4.93. The summed E-state index contributed by atoms with van der Waals surface area (Å²) in [6.07, 6.45) is 1.59. The predicted octanol–water partition coefficient (Wildman–Crippen LogP) is 4.84. The number of aromatic nitrogens is 2. The number of aryl methyl sites for hydroxylation is 1. The van der Waals surface area contributed by atoms with Gasteiger partial charge in [0.1, 0.15) is 5.82 Å². The molecule has 1 aromatic heterocycles. The molecule has 0 bridgehead atoms. The van der Waals surface area contributed by atoms with Gasteiger partial charge in [0.15, 0.2) is 0 Å². The van der Waals surface area contributed by atoms with Crippen molar-refractivity contribution in [2.75, 3.05) is 42.9 Å². The lowest BCUT2D eigenvalue weighted by molar-refractivity contribution is 0.102. The number of hydrogen-bond acceptors (Lipinski definition) is 4. The van der Waals surface area contributed by atoms with Crippen LogP contribution in [0.1, 0.15) is 48.3 Å². The third-order valence-corrected chi connectivity index (χ3v) is 6.28. The number of anilines is 2. The van der Waals surface area contributed by atoms with Gasteiger partial charge in [-0.05, 0) is 67.4 Å². The molecule has 2 aromatic carbocycles. The molecule has 0 saturated carbocycles. The molecule has 1 aliphatic rings. The largest absolute Gasteiger partial charge is 0.369 e. The highest BCUT2D eigenvalue weighted by Gasteiger charge is 2.22. The van der Waals surface area contributed by atoms with E-state index in [9.17, 15) is 9.18 Å². The molecule has 0 atom stereocenters. The molecule has 7 heteroatoms. The number of likely N-dealkylation sites (N-methyl/N-ethyl adjacent to an activating group) is 1. The van der Waals surface area contributed by atoms with Crippen molar-refractivity contribution < 1.29 is 9.18 Å². The van der Waals surface area contributed by atoms with Gasteiger partial charge in [0.2, 0.25) is 0 Å². The number of piperazine rings is 1. The highest BCUT2D eigenvalue weighted by Crippen LogP contribution is 2.27. The molecule has 1 N–H and O–H groups in total. The van der Waals surface area contributed by atoms with Gasteiger partial charge in [-0.3, -0.25) is 4.79 Å². The molecule has 0 spiro atoms. The van der Waals surface area contributed by atoms with Gasteiger partial charge in [-0.15, -0.1) is 0 Å². The molecular formula is C26H32FN5O. The molecule has 1 amide bonds. The topological polar surface area (TPSA) is 53.4 Å². The summed E-state index contributed by atoms with van der Waals surface area (Å²) < 4.78 is 15.1. The highest BCUT2D eigenvalue weighted by atomic mass is 19.1. The summed E-state index contributed by atoms with van der Waals surface area (Å²) in [4.78, 5) is 18.0. The number of benzene rings is 2. The van der Waals surface area contributed by atoms with Crippen molar-refractivity contribution in [3.63, 3.8) is 0 Å². The Morgan fingerprint density at radius 1 is 1.09 bits per heavy atom. The first-order valence-corrected chi connectivity index (χ1v) is 11.6. The SMILES string of the molecule is CCN1CCN(c2ccc(NC(=O)c3cnn(-c4ccc(F)cc4)c3C(C)C)cc2C)CC1. The standard InChI is InChI=1S/C26H32FN5O/c1-5-30-12-14-31(15-13-30)24-11-8-21(16-19(24)4)29-26(33)23-17-28-32(25(23)18(2)3)22-9-6-20(27)7-10-22/h6-11,16-18H,5,12-15H2,1-4H3,(H,29,33). The molecule has 3 aromatic rings. The van der Waals surface area contributed by atoms with Gasteiger partial charge in [0, 0.05) is 37.6 Å². The first-order chi connectivity index (χ1) is 15.9. The second-order valence-corrected chi connectivity index (χ2v) is 8.86. The van der Waals surface area contributed by atoms with Crippen molar-refractivity contribution in [1.82, 2.24) is 14.7 Å². The van der Waals surface area contributed by atoms with Gasteiger partial charge in [-0.2, -0.15) is 5.10 Å². The van der Waals surface area contributed by atoms with Gasteiger partial charge in [-0.1, -0.05) is 20.8 Å². The van der Waals surface area contributed by atoms with Crippen LogP contribution in [-0.2, 0) is 0 Å². The van der Waals surface area contributed by atoms with Crippen molar-refractivity contribution in [3.8, 4) is 5.69 Å². The van der Waals surface area contributed by atoms with E-state index in [1.54, 1.807) is 23.0 Å². The number of amides is 1. The van der Waals surface area contributed by atoms with Gasteiger partial charge < -0.3 is 15.1 Å². The number of nitrogens with one attached hydrogen (secondary N) is 1. The summed E-state index contributed by atoms with van der Waals surface area (Å²) >= 11 is 0. The Hall–Kier alpha value is -3.19. The minimum atomic E-state index is -0.305. The third-order valence-electron chi connectivity index (χ3n) is 6.28. The summed E-state index contributed by atoms with van der Waals surface area (Å²) in [5.74, 6) is -0.444. The fourth-order valence-corrected chi connectivity index (χ4v) is 4.47. The Kier molecular flexibility index (Phi) is 6.79. The molecule has 4 rings (SSSR count). The van der Waals surface area contributed by atoms with Crippen LogP contribution in [0.2, 0.25) is 0 Å². The molecule has 1 fully saturated rings. The maximum atomic E-state index is 13.4. The summed E-state index contributed by atoms with van der Waals surface area (Å²) in [6, 6.07) is 12.2. The number of nitrogens with zero attached hydrogens (tertiary/aromatic N) is 4. The van der Waals surface area contributed by atoms with E-state index in [1.165, 1.54) is 17.8 Å². The second-order valence-electron chi connectivity index (χ2n) is 8.86. The molecule has 1 saturated heterocycles. The van der Waals surface area contributed by atoms with E-state index in [4.69, 9.17) is 0 Å². The van der Waals surface area contributed by atoms with Crippen LogP contribution in [0.25, 0.3) is 5.69 Å². The van der Waals surface area contributed by atoms with E-state index in [2.05, 4.69) is 40.1 Å². The Bertz CT molecular complexity index is 1110. The van der Waals surface area contributed by atoms with Gasteiger partial charge >= 0.3 is 0 Å². The van der Waals surface area contributed by atoms with Crippen molar-refractivity contribution in [3.05, 3.63) is 71.3 Å². The lowest BCUT2D eigenvalue weighted by Crippen LogP contribution is -2.46. The van der Waals surface area contributed by atoms with Crippen LogP contribution in [0.5, 0.6) is 0 Å². The smallest absolute Gasteiger partial charge is 0.259 e. The van der Waals surface area contributed by atoms with Crippen molar-refractivity contribution >= 4 is 17.3 Å². The van der Waals surface area contributed by atoms with Gasteiger partial charge in [0.05, 0.1) is 23.1 Å². The molecule has 0 unspecified atom stereocenters. The summed E-state index contributed by atoms with van der Waals surface area (Å²) in [6.45, 7) is 13.6. The molecule has 0 aliphatic carbocycles. The molecule has 1 aliphatic heterocycles. The van der Waals surface area contributed by atoms with Crippen LogP contribution < -0.4 is 10.2 Å². The zero-order chi connectivity index (χ0) is 23.5. The lowest BCUT2D eigenvalue weighted by Gasteiger charge is -2.36. The van der Waals surface area contributed by atoms with E-state index in [1.807, 2.05) is 26.0 Å². The maximum absolute atomic E-state index is 13.4. The molecule has 0 radical (unpaired) electrons. The first-order valence-electron chi connectivity index (χ1n) is 11.6. The van der Waals surface area contributed by atoms with Crippen LogP contribution in [0, 0.1) is 12.7 Å². The van der Waals surface area contributed by atoms with Crippen LogP contribution in [0.3, 0.4) is 0 Å². The Balaban J connectivity index is 1.53. The molecule has 6 nitrogen and oxygen atoms in total. The van der Waals surface area contributed by atoms with Crippen molar-refractivity contribution in [2.45, 2.75) is 33.6 Å². The van der Waals surface area contributed by atoms with Crippen molar-refractivity contribution in [2.24, 2.45) is 0 Å². The summed E-state index contributed by atoms with van der Waals surface area (Å²) in [5, 5.41) is 7.46. The monoisotopic (exact) mass is 449 g/mol. The highest BCUT2D eigenvalue weighted by molar-refractivity contribution is 6.05. The Labute approximate surface area is 195 Å². The van der Waals surface area contributed by atoms with E-state index in [0.29, 0.717) is 5.56 Å². The van der Waals surface area contributed by atoms with E-state index in [0.717, 1.165) is 55.4 Å². The molecule has 2 heterocycles. The second kappa shape index (κ2) is 9.75. The maximum Gasteiger partial charge on any atom is 0.259 e. The number of hydrogen-bond donors (Lipinski definition) is 1. The van der Waals surface area contributed by atoms with E-state index < -0.39 is 0 Å². The Morgan fingerprint density at radius 2 is 1.79 bits per heavy atom. The fourth-order valence-electron chi connectivity index (χ4n) is 4.47.